The zero-order chi connectivity index (χ0) is 13.9. The highest BCUT2D eigenvalue weighted by Crippen LogP contribution is 2.24. The van der Waals surface area contributed by atoms with Crippen molar-refractivity contribution in [2.24, 2.45) is 0 Å². The number of nitrogens with one attached hydrogen (secondary N) is 2. The van der Waals surface area contributed by atoms with Gasteiger partial charge in [0.05, 0.1) is 11.5 Å². The summed E-state index contributed by atoms with van der Waals surface area (Å²) in [5.41, 5.74) is 0. The minimum absolute atomic E-state index is 0.356. The molecule has 0 saturated carbocycles. The summed E-state index contributed by atoms with van der Waals surface area (Å²) in [4.78, 5) is 2.25. The van der Waals surface area contributed by atoms with Crippen LogP contribution in [-0.4, -0.2) is 40.8 Å². The zero-order valence-electron chi connectivity index (χ0n) is 11.2. The summed E-state index contributed by atoms with van der Waals surface area (Å²) in [6.45, 7) is 6.27. The van der Waals surface area contributed by atoms with E-state index in [0.29, 0.717) is 24.0 Å². The lowest BCUT2D eigenvalue weighted by molar-refractivity contribution is 0.190. The van der Waals surface area contributed by atoms with Crippen molar-refractivity contribution in [2.45, 2.75) is 31.2 Å². The van der Waals surface area contributed by atoms with Gasteiger partial charge in [-0.1, -0.05) is 0 Å². The molecule has 0 aliphatic carbocycles. The highest BCUT2D eigenvalue weighted by Gasteiger charge is 2.19. The van der Waals surface area contributed by atoms with Gasteiger partial charge in [-0.25, -0.2) is 13.1 Å². The predicted octanol–water partition coefficient (Wildman–Crippen LogP) is 1.02. The van der Waals surface area contributed by atoms with Gasteiger partial charge in [-0.2, -0.15) is 0 Å². The van der Waals surface area contributed by atoms with Gasteiger partial charge in [0, 0.05) is 35.5 Å². The van der Waals surface area contributed by atoms with E-state index in [2.05, 4.69) is 10.0 Å². The fourth-order valence-corrected chi connectivity index (χ4v) is 4.69. The van der Waals surface area contributed by atoms with E-state index in [4.69, 9.17) is 4.74 Å². The summed E-state index contributed by atoms with van der Waals surface area (Å²) in [5, 5.41) is 3.28. The normalized spacial score (nSPS) is 20.0. The van der Waals surface area contributed by atoms with E-state index in [0.717, 1.165) is 29.4 Å². The average molecular weight is 304 g/mol. The summed E-state index contributed by atoms with van der Waals surface area (Å²) in [5.74, 6) is 0. The van der Waals surface area contributed by atoms with Gasteiger partial charge in [0.15, 0.2) is 0 Å². The maximum absolute atomic E-state index is 12.1. The molecule has 2 heterocycles. The van der Waals surface area contributed by atoms with Crippen LogP contribution >= 0.6 is 11.3 Å². The largest absolute Gasteiger partial charge is 0.380 e. The molecule has 7 heteroatoms. The zero-order valence-corrected chi connectivity index (χ0v) is 12.9. The Morgan fingerprint density at radius 2 is 2.21 bits per heavy atom. The Balaban J connectivity index is 1.82. The van der Waals surface area contributed by atoms with E-state index < -0.39 is 10.0 Å². The van der Waals surface area contributed by atoms with E-state index in [1.165, 1.54) is 11.3 Å². The SMILES string of the molecule is Cc1cc(S(=O)(=O)NCCN[C@@H]2CCOC2)c(C)s1. The molecule has 108 valence electrons. The molecule has 1 fully saturated rings. The molecule has 1 aliphatic heterocycles. The molecule has 19 heavy (non-hydrogen) atoms. The number of sulfonamides is 1. The fourth-order valence-electron chi connectivity index (χ4n) is 2.11. The summed E-state index contributed by atoms with van der Waals surface area (Å²) >= 11 is 1.50. The second-order valence-corrected chi connectivity index (χ2v) is 7.89. The number of hydrogen-bond acceptors (Lipinski definition) is 5. The van der Waals surface area contributed by atoms with E-state index in [9.17, 15) is 8.42 Å². The summed E-state index contributed by atoms with van der Waals surface area (Å²) in [6.07, 6.45) is 0.996. The number of hydrogen-bond donors (Lipinski definition) is 2. The minimum Gasteiger partial charge on any atom is -0.380 e. The highest BCUT2D eigenvalue weighted by molar-refractivity contribution is 7.89. The van der Waals surface area contributed by atoms with Crippen molar-refractivity contribution in [3.63, 3.8) is 0 Å². The third kappa shape index (κ3) is 4.00. The molecule has 0 amide bonds. The first-order valence-corrected chi connectivity index (χ1v) is 8.67. The molecule has 1 saturated heterocycles. The second kappa shape index (κ2) is 6.32. The Bertz CT molecular complexity index is 519. The van der Waals surface area contributed by atoms with Crippen molar-refractivity contribution in [1.29, 1.82) is 0 Å². The van der Waals surface area contributed by atoms with Crippen LogP contribution in [0.5, 0.6) is 0 Å². The first-order chi connectivity index (χ1) is 8.99. The van der Waals surface area contributed by atoms with E-state index in [1.54, 1.807) is 6.07 Å². The first kappa shape index (κ1) is 14.9. The van der Waals surface area contributed by atoms with Crippen molar-refractivity contribution < 1.29 is 13.2 Å². The molecule has 0 radical (unpaired) electrons. The van der Waals surface area contributed by atoms with Crippen molar-refractivity contribution >= 4 is 21.4 Å². The van der Waals surface area contributed by atoms with Crippen molar-refractivity contribution in [2.75, 3.05) is 26.3 Å². The Morgan fingerprint density at radius 3 is 2.79 bits per heavy atom. The first-order valence-electron chi connectivity index (χ1n) is 6.37. The molecule has 1 aromatic heterocycles. The Kier molecular flexibility index (Phi) is 4.97. The number of thiophene rings is 1. The van der Waals surface area contributed by atoms with Crippen LogP contribution in [-0.2, 0) is 14.8 Å². The third-order valence-corrected chi connectivity index (χ3v) is 5.75. The van der Waals surface area contributed by atoms with Crippen molar-refractivity contribution in [1.82, 2.24) is 10.0 Å². The van der Waals surface area contributed by atoms with E-state index in [1.807, 2.05) is 13.8 Å². The third-order valence-electron chi connectivity index (χ3n) is 3.06. The van der Waals surface area contributed by atoms with Gasteiger partial charge in [-0.15, -0.1) is 11.3 Å². The maximum atomic E-state index is 12.1. The van der Waals surface area contributed by atoms with Gasteiger partial charge < -0.3 is 10.1 Å². The smallest absolute Gasteiger partial charge is 0.241 e. The van der Waals surface area contributed by atoms with Gasteiger partial charge in [0.1, 0.15) is 0 Å². The molecule has 5 nitrogen and oxygen atoms in total. The molecular weight excluding hydrogens is 284 g/mol. The highest BCUT2D eigenvalue weighted by atomic mass is 32.2. The Labute approximate surface area is 118 Å². The van der Waals surface area contributed by atoms with Crippen LogP contribution in [0.25, 0.3) is 0 Å². The molecule has 0 unspecified atom stereocenters. The lowest BCUT2D eigenvalue weighted by Crippen LogP contribution is -2.37. The quantitative estimate of drug-likeness (QED) is 0.770. The number of aryl methyl sites for hydroxylation is 2. The molecule has 0 bridgehead atoms. The van der Waals surface area contributed by atoms with Crippen LogP contribution in [0.3, 0.4) is 0 Å². The summed E-state index contributed by atoms with van der Waals surface area (Å²) in [6, 6.07) is 2.08. The molecule has 0 spiro atoms. The lowest BCUT2D eigenvalue weighted by atomic mass is 10.3. The van der Waals surface area contributed by atoms with Crippen LogP contribution in [0.2, 0.25) is 0 Å². The minimum atomic E-state index is -3.38. The van der Waals surface area contributed by atoms with Gasteiger partial charge in [0.2, 0.25) is 10.0 Å². The molecule has 1 aliphatic rings. The van der Waals surface area contributed by atoms with Crippen LogP contribution in [0, 0.1) is 13.8 Å². The monoisotopic (exact) mass is 304 g/mol. The van der Waals surface area contributed by atoms with Gasteiger partial charge in [-0.3, -0.25) is 0 Å². The van der Waals surface area contributed by atoms with Crippen LogP contribution < -0.4 is 10.0 Å². The van der Waals surface area contributed by atoms with Crippen molar-refractivity contribution in [3.05, 3.63) is 15.8 Å². The number of rotatable bonds is 6. The van der Waals surface area contributed by atoms with Crippen molar-refractivity contribution in [3.8, 4) is 0 Å². The van der Waals surface area contributed by atoms with Gasteiger partial charge in [0.25, 0.3) is 0 Å². The second-order valence-electron chi connectivity index (χ2n) is 4.69. The van der Waals surface area contributed by atoms with E-state index in [-0.39, 0.29) is 0 Å². The fraction of sp³-hybridized carbons (Fsp3) is 0.667. The van der Waals surface area contributed by atoms with E-state index >= 15 is 0 Å². The van der Waals surface area contributed by atoms with Gasteiger partial charge in [-0.05, 0) is 26.3 Å². The molecule has 1 aromatic rings. The summed E-state index contributed by atoms with van der Waals surface area (Å²) in [7, 11) is -3.38. The molecule has 2 rings (SSSR count). The standard InChI is InChI=1S/C12H20N2O3S2/c1-9-7-12(10(2)18-9)19(15,16)14-5-4-13-11-3-6-17-8-11/h7,11,13-14H,3-6,8H2,1-2H3/t11-/m1/s1. The Hall–Kier alpha value is -0.470. The molecule has 0 aromatic carbocycles. The van der Waals surface area contributed by atoms with Crippen LogP contribution in [0.1, 0.15) is 16.2 Å². The Morgan fingerprint density at radius 1 is 1.42 bits per heavy atom. The number of ether oxygens (including phenoxy) is 1. The van der Waals surface area contributed by atoms with Crippen LogP contribution in [0.15, 0.2) is 11.0 Å². The average Bonchev–Trinajstić information content (AvgIpc) is 2.94. The van der Waals surface area contributed by atoms with Crippen LogP contribution in [0.4, 0.5) is 0 Å². The molecular formula is C12H20N2O3S2. The lowest BCUT2D eigenvalue weighted by Gasteiger charge is -2.11. The molecule has 1 atom stereocenters. The predicted molar refractivity (Wildman–Crippen MR) is 76.2 cm³/mol. The summed E-state index contributed by atoms with van der Waals surface area (Å²) < 4.78 is 32.1. The molecule has 2 N–H and O–H groups in total. The topological polar surface area (TPSA) is 67.4 Å². The maximum Gasteiger partial charge on any atom is 0.241 e. The van der Waals surface area contributed by atoms with Gasteiger partial charge >= 0.3 is 0 Å².